The Morgan fingerprint density at radius 1 is 0.722 bits per heavy atom. The quantitative estimate of drug-likeness (QED) is 0.228. The van der Waals surface area contributed by atoms with Gasteiger partial charge in [-0.3, -0.25) is 0 Å². The van der Waals surface area contributed by atoms with Crippen molar-refractivity contribution in [3.63, 3.8) is 0 Å². The van der Waals surface area contributed by atoms with E-state index >= 15 is 0 Å². The minimum Gasteiger partial charge on any atom is -0.327 e. The molecule has 0 saturated heterocycles. The molecular formula is C32H33BN2Si. The molecule has 2 nitrogen and oxygen atoms in total. The first-order chi connectivity index (χ1) is 17.8. The third-order valence-corrected chi connectivity index (χ3v) is 9.62. The molecule has 0 atom stereocenters. The molecule has 0 saturated carbocycles. The Morgan fingerprint density at radius 2 is 1.17 bits per heavy atom. The number of imidazole rings is 1. The lowest BCUT2D eigenvalue weighted by molar-refractivity contribution is 0.590. The molecule has 0 unspecified atom stereocenters. The second-order valence-electron chi connectivity index (χ2n) is 8.96. The van der Waals surface area contributed by atoms with E-state index in [1.54, 1.807) is 0 Å². The molecule has 1 aromatic heterocycles. The first kappa shape index (κ1) is 25.5. The van der Waals surface area contributed by atoms with E-state index < -0.39 is 9.52 Å². The zero-order valence-electron chi connectivity index (χ0n) is 20.9. The highest BCUT2D eigenvalue weighted by Crippen LogP contribution is 2.34. The maximum atomic E-state index is 6.12. The minimum atomic E-state index is -0.424. The maximum Gasteiger partial charge on any atom is 0.0953 e. The zero-order chi connectivity index (χ0) is 25.1. The normalized spacial score (nSPS) is 11.4. The van der Waals surface area contributed by atoms with Gasteiger partial charge in [0.05, 0.1) is 28.9 Å². The van der Waals surface area contributed by atoms with Gasteiger partial charge in [-0.15, -0.1) is 0 Å². The first-order valence-corrected chi connectivity index (χ1v) is 14.4. The number of hydrogen-bond donors (Lipinski definition) is 0. The second-order valence-corrected chi connectivity index (χ2v) is 11.2. The van der Waals surface area contributed by atoms with Crippen molar-refractivity contribution in [2.45, 2.75) is 30.4 Å². The third-order valence-electron chi connectivity index (χ3n) is 6.66. The molecule has 2 radical (unpaired) electrons. The van der Waals surface area contributed by atoms with Crippen molar-refractivity contribution in [1.29, 1.82) is 0 Å². The molecule has 4 aromatic carbocycles. The van der Waals surface area contributed by atoms with E-state index in [-0.39, 0.29) is 11.0 Å². The van der Waals surface area contributed by atoms with Gasteiger partial charge in [0, 0.05) is 12.4 Å². The number of hydrogen-bond acceptors (Lipinski definition) is 1. The van der Waals surface area contributed by atoms with Crippen LogP contribution in [0, 0.1) is 0 Å². The summed E-state index contributed by atoms with van der Waals surface area (Å²) in [5, 5.41) is -0.0466. The van der Waals surface area contributed by atoms with Crippen LogP contribution in [0.2, 0.25) is 6.04 Å². The van der Waals surface area contributed by atoms with Crippen molar-refractivity contribution in [1.82, 2.24) is 9.55 Å². The largest absolute Gasteiger partial charge is 0.327 e. The first-order valence-electron chi connectivity index (χ1n) is 12.7. The van der Waals surface area contributed by atoms with Crippen LogP contribution in [-0.4, -0.2) is 26.9 Å². The molecule has 0 aliphatic rings. The van der Waals surface area contributed by atoms with Crippen LogP contribution in [0.5, 0.6) is 0 Å². The molecule has 5 aromatic rings. The molecule has 0 bridgehead atoms. The van der Waals surface area contributed by atoms with Crippen LogP contribution in [0.25, 0.3) is 0 Å². The molecule has 178 valence electrons. The van der Waals surface area contributed by atoms with Crippen LogP contribution in [0.1, 0.15) is 41.4 Å². The molecule has 0 N–H and O–H groups in total. The van der Waals surface area contributed by atoms with Gasteiger partial charge in [-0.2, -0.15) is 0 Å². The Kier molecular flexibility index (Phi) is 9.12. The van der Waals surface area contributed by atoms with E-state index in [9.17, 15) is 0 Å². The molecule has 5 rings (SSSR count). The third kappa shape index (κ3) is 5.95. The molecule has 0 aliphatic carbocycles. The van der Waals surface area contributed by atoms with Gasteiger partial charge in [0.15, 0.2) is 0 Å². The summed E-state index contributed by atoms with van der Waals surface area (Å²) in [6.07, 6.45) is 7.22. The summed E-state index contributed by atoms with van der Waals surface area (Å²) in [6.45, 7) is 2.28. The van der Waals surface area contributed by atoms with Crippen LogP contribution in [0.15, 0.2) is 140 Å². The van der Waals surface area contributed by atoms with Crippen molar-refractivity contribution >= 4 is 17.4 Å². The number of benzene rings is 4. The molecule has 0 amide bonds. The maximum absolute atomic E-state index is 6.12. The molecule has 1 heterocycles. The van der Waals surface area contributed by atoms with Crippen LogP contribution >= 0.6 is 0 Å². The highest BCUT2D eigenvalue weighted by molar-refractivity contribution is 6.41. The molecule has 0 aliphatic heterocycles. The van der Waals surface area contributed by atoms with Crippen LogP contribution in [0.4, 0.5) is 0 Å². The van der Waals surface area contributed by atoms with Gasteiger partial charge in [-0.25, -0.2) is 4.98 Å². The Bertz CT molecular complexity index is 1180. The van der Waals surface area contributed by atoms with Crippen molar-refractivity contribution in [3.05, 3.63) is 162 Å². The Hall–Kier alpha value is -3.63. The van der Waals surface area contributed by atoms with Gasteiger partial charge in [0.25, 0.3) is 0 Å². The van der Waals surface area contributed by atoms with Crippen molar-refractivity contribution in [3.8, 4) is 0 Å². The summed E-state index contributed by atoms with van der Waals surface area (Å²) < 4.78 is 2.32. The van der Waals surface area contributed by atoms with E-state index in [0.717, 1.165) is 11.1 Å². The summed E-state index contributed by atoms with van der Waals surface area (Å²) in [5.74, 6) is -0.0163. The van der Waals surface area contributed by atoms with Crippen molar-refractivity contribution in [2.24, 2.45) is 0 Å². The highest BCUT2D eigenvalue weighted by Gasteiger charge is 2.35. The van der Waals surface area contributed by atoms with Gasteiger partial charge < -0.3 is 4.57 Å². The number of rotatable bonds is 8. The van der Waals surface area contributed by atoms with Crippen LogP contribution in [0.3, 0.4) is 0 Å². The monoisotopic (exact) mass is 484 g/mol. The zero-order valence-corrected chi connectivity index (χ0v) is 22.4. The van der Waals surface area contributed by atoms with Gasteiger partial charge in [0.2, 0.25) is 0 Å². The molecule has 0 spiro atoms. The Morgan fingerprint density at radius 3 is 1.56 bits per heavy atom. The van der Waals surface area contributed by atoms with Gasteiger partial charge >= 0.3 is 0 Å². The Balaban J connectivity index is 0.000000187. The summed E-state index contributed by atoms with van der Waals surface area (Å²) in [7, 11) is 5.69. The fraction of sp³-hybridized carbons (Fsp3) is 0.156. The molecule has 0 fully saturated rings. The summed E-state index contributed by atoms with van der Waals surface area (Å²) in [4.78, 5) is 4.33. The lowest BCUT2D eigenvalue weighted by Crippen LogP contribution is -2.41. The van der Waals surface area contributed by atoms with Crippen LogP contribution < -0.4 is 0 Å². The molecule has 36 heavy (non-hydrogen) atoms. The van der Waals surface area contributed by atoms with E-state index in [2.05, 4.69) is 108 Å². The van der Waals surface area contributed by atoms with Gasteiger partial charge in [-0.1, -0.05) is 141 Å². The highest BCUT2D eigenvalue weighted by atomic mass is 28.2. The molecule has 4 heteroatoms. The van der Waals surface area contributed by atoms with Crippen molar-refractivity contribution < 1.29 is 0 Å². The summed E-state index contributed by atoms with van der Waals surface area (Å²) >= 11 is 0. The fourth-order valence-electron chi connectivity index (χ4n) is 4.74. The average molecular weight is 485 g/mol. The number of nitrogens with zero attached hydrogens (tertiary/aromatic N) is 2. The predicted octanol–water partition coefficient (Wildman–Crippen LogP) is 6.57. The van der Waals surface area contributed by atoms with Crippen LogP contribution in [-0.2, 0) is 5.16 Å². The minimum absolute atomic E-state index is 0.0163. The van der Waals surface area contributed by atoms with E-state index in [4.69, 9.17) is 7.85 Å². The standard InChI is InChI=1S/C19H22N2Si.C13H11B/c1-2-15-22-19(21-14-13-20-16-21,17-9-5-3-6-10-17)18-11-7-4-8-12-18;14-13(11-7-3-1-4-8-11)12-9-5-2-6-10-12/h3-14,16H,2,15,22H2,1H3;1-10,13H. The van der Waals surface area contributed by atoms with E-state index in [1.165, 1.54) is 23.6 Å². The fourth-order valence-corrected chi connectivity index (χ4v) is 7.10. The van der Waals surface area contributed by atoms with Crippen molar-refractivity contribution in [2.75, 3.05) is 0 Å². The topological polar surface area (TPSA) is 17.8 Å². The summed E-state index contributed by atoms with van der Waals surface area (Å²) in [6, 6.07) is 43.4. The SMILES string of the molecule is CCC[SiH2]C(c1ccccc1)(c1ccccc1)n1ccnc1.[B]C(c1ccccc1)c1ccccc1. The lowest BCUT2D eigenvalue weighted by atomic mass is 9.76. The average Bonchev–Trinajstić information content (AvgIpc) is 3.51. The smallest absolute Gasteiger partial charge is 0.0953 e. The second kappa shape index (κ2) is 12.9. The van der Waals surface area contributed by atoms with E-state index in [1.807, 2.05) is 48.9 Å². The predicted molar refractivity (Wildman–Crippen MR) is 155 cm³/mol. The van der Waals surface area contributed by atoms with Gasteiger partial charge in [0.1, 0.15) is 0 Å². The lowest BCUT2D eigenvalue weighted by Gasteiger charge is -2.36. The summed E-state index contributed by atoms with van der Waals surface area (Å²) in [5.41, 5.74) is 5.05. The van der Waals surface area contributed by atoms with Gasteiger partial charge in [-0.05, 0) is 28.1 Å². The van der Waals surface area contributed by atoms with E-state index in [0.29, 0.717) is 0 Å². The number of aromatic nitrogens is 2. The Labute approximate surface area is 219 Å². The molecular weight excluding hydrogens is 451 g/mol.